The predicted molar refractivity (Wildman–Crippen MR) is 61.0 cm³/mol. The first-order valence-electron chi connectivity index (χ1n) is 5.70. The van der Waals surface area contributed by atoms with Crippen LogP contribution in [0.25, 0.3) is 0 Å². The molecule has 1 unspecified atom stereocenters. The van der Waals surface area contributed by atoms with Crippen LogP contribution in [0, 0.1) is 5.41 Å². The van der Waals surface area contributed by atoms with Crippen molar-refractivity contribution in [3.8, 4) is 0 Å². The Bertz CT molecular complexity index is 276. The lowest BCUT2D eigenvalue weighted by Gasteiger charge is -2.23. The lowest BCUT2D eigenvalue weighted by atomic mass is 9.86. The SMILES string of the molecule is C=CC(C)(CCCOCC(F)(F)F)C(=O)OCC. The number of esters is 1. The van der Waals surface area contributed by atoms with Crippen LogP contribution >= 0.6 is 0 Å². The molecule has 0 aliphatic rings. The van der Waals surface area contributed by atoms with Crippen molar-refractivity contribution in [1.29, 1.82) is 0 Å². The number of hydrogen-bond acceptors (Lipinski definition) is 3. The van der Waals surface area contributed by atoms with E-state index in [0.29, 0.717) is 12.8 Å². The highest BCUT2D eigenvalue weighted by molar-refractivity contribution is 5.78. The molecule has 0 N–H and O–H groups in total. The van der Waals surface area contributed by atoms with E-state index in [4.69, 9.17) is 4.74 Å². The Hall–Kier alpha value is -1.04. The van der Waals surface area contributed by atoms with Crippen molar-refractivity contribution >= 4 is 5.97 Å². The summed E-state index contributed by atoms with van der Waals surface area (Å²) in [5.74, 6) is -0.421. The molecule has 0 aromatic heterocycles. The minimum absolute atomic E-state index is 0.0532. The third-order valence-electron chi connectivity index (χ3n) is 2.44. The Balaban J connectivity index is 4.01. The Kier molecular flexibility index (Phi) is 6.98. The van der Waals surface area contributed by atoms with Gasteiger partial charge in [-0.3, -0.25) is 4.79 Å². The summed E-state index contributed by atoms with van der Waals surface area (Å²) in [5.41, 5.74) is -0.877. The van der Waals surface area contributed by atoms with E-state index in [1.807, 2.05) is 0 Å². The first kappa shape index (κ1) is 17.0. The fourth-order valence-electron chi connectivity index (χ4n) is 1.31. The van der Waals surface area contributed by atoms with Crippen LogP contribution in [0.1, 0.15) is 26.7 Å². The first-order chi connectivity index (χ1) is 8.25. The van der Waals surface area contributed by atoms with Gasteiger partial charge in [0.15, 0.2) is 0 Å². The van der Waals surface area contributed by atoms with Crippen molar-refractivity contribution in [3.63, 3.8) is 0 Å². The zero-order valence-electron chi connectivity index (χ0n) is 10.7. The van der Waals surface area contributed by atoms with Crippen LogP contribution in [0.15, 0.2) is 12.7 Å². The molecule has 0 aliphatic heterocycles. The fourth-order valence-corrected chi connectivity index (χ4v) is 1.31. The van der Waals surface area contributed by atoms with Gasteiger partial charge in [-0.1, -0.05) is 6.08 Å². The van der Waals surface area contributed by atoms with Crippen molar-refractivity contribution < 1.29 is 27.4 Å². The van der Waals surface area contributed by atoms with Gasteiger partial charge in [-0.25, -0.2) is 0 Å². The Morgan fingerprint density at radius 2 is 2.00 bits per heavy atom. The second kappa shape index (κ2) is 7.41. The molecule has 0 bridgehead atoms. The molecule has 0 saturated heterocycles. The molecule has 0 radical (unpaired) electrons. The molecule has 0 aliphatic carbocycles. The average molecular weight is 268 g/mol. The Morgan fingerprint density at radius 3 is 2.44 bits per heavy atom. The number of ether oxygens (including phenoxy) is 2. The number of rotatable bonds is 8. The summed E-state index contributed by atoms with van der Waals surface area (Å²) in [6.45, 7) is 5.82. The average Bonchev–Trinajstić information content (AvgIpc) is 2.27. The number of alkyl halides is 3. The number of carbonyl (C=O) groups excluding carboxylic acids is 1. The summed E-state index contributed by atoms with van der Waals surface area (Å²) in [5, 5.41) is 0. The molecular formula is C12H19F3O3. The smallest absolute Gasteiger partial charge is 0.411 e. The molecule has 0 saturated carbocycles. The quantitative estimate of drug-likeness (QED) is 0.385. The van der Waals surface area contributed by atoms with Crippen molar-refractivity contribution in [1.82, 2.24) is 0 Å². The van der Waals surface area contributed by atoms with E-state index in [2.05, 4.69) is 11.3 Å². The van der Waals surface area contributed by atoms with Gasteiger partial charge in [0.05, 0.1) is 12.0 Å². The summed E-state index contributed by atoms with van der Waals surface area (Å²) in [6.07, 6.45) is -2.19. The molecule has 0 aromatic rings. The van der Waals surface area contributed by atoms with Crippen LogP contribution < -0.4 is 0 Å². The van der Waals surface area contributed by atoms with E-state index in [0.717, 1.165) is 0 Å². The minimum Gasteiger partial charge on any atom is -0.465 e. The topological polar surface area (TPSA) is 35.5 Å². The predicted octanol–water partition coefficient (Wildman–Crippen LogP) is 3.10. The zero-order valence-corrected chi connectivity index (χ0v) is 10.7. The van der Waals surface area contributed by atoms with Crippen LogP contribution in [-0.4, -0.2) is 32.0 Å². The molecule has 1 atom stereocenters. The Labute approximate surface area is 105 Å². The van der Waals surface area contributed by atoms with Gasteiger partial charge < -0.3 is 9.47 Å². The van der Waals surface area contributed by atoms with Gasteiger partial charge in [0, 0.05) is 6.61 Å². The summed E-state index contributed by atoms with van der Waals surface area (Å²) in [6, 6.07) is 0. The maximum atomic E-state index is 11.8. The molecule has 0 spiro atoms. The maximum Gasteiger partial charge on any atom is 0.411 e. The molecule has 0 fully saturated rings. The number of hydrogen-bond donors (Lipinski definition) is 0. The maximum absolute atomic E-state index is 11.8. The van der Waals surface area contributed by atoms with Crippen molar-refractivity contribution in [3.05, 3.63) is 12.7 Å². The molecule has 6 heteroatoms. The molecule has 0 amide bonds. The normalized spacial score (nSPS) is 14.9. The molecule has 3 nitrogen and oxygen atoms in total. The van der Waals surface area contributed by atoms with Gasteiger partial charge in [-0.2, -0.15) is 13.2 Å². The van der Waals surface area contributed by atoms with Gasteiger partial charge in [0.1, 0.15) is 6.61 Å². The van der Waals surface area contributed by atoms with E-state index >= 15 is 0 Å². The highest BCUT2D eigenvalue weighted by Crippen LogP contribution is 2.26. The van der Waals surface area contributed by atoms with Gasteiger partial charge >= 0.3 is 12.1 Å². The second-order valence-corrected chi connectivity index (χ2v) is 4.11. The summed E-state index contributed by atoms with van der Waals surface area (Å²) < 4.78 is 44.7. The molecule has 0 heterocycles. The minimum atomic E-state index is -4.32. The largest absolute Gasteiger partial charge is 0.465 e. The number of halogens is 3. The third kappa shape index (κ3) is 6.64. The highest BCUT2D eigenvalue weighted by Gasteiger charge is 2.31. The summed E-state index contributed by atoms with van der Waals surface area (Å²) in [4.78, 5) is 11.6. The van der Waals surface area contributed by atoms with Crippen LogP contribution in [-0.2, 0) is 14.3 Å². The zero-order chi connectivity index (χ0) is 14.2. The first-order valence-corrected chi connectivity index (χ1v) is 5.70. The highest BCUT2D eigenvalue weighted by atomic mass is 19.4. The van der Waals surface area contributed by atoms with Gasteiger partial charge in [-0.15, -0.1) is 6.58 Å². The van der Waals surface area contributed by atoms with Gasteiger partial charge in [0.25, 0.3) is 0 Å². The molecular weight excluding hydrogens is 249 g/mol. The van der Waals surface area contributed by atoms with E-state index < -0.39 is 24.2 Å². The fraction of sp³-hybridized carbons (Fsp3) is 0.750. The van der Waals surface area contributed by atoms with Crippen molar-refractivity contribution in [2.45, 2.75) is 32.9 Å². The summed E-state index contributed by atoms with van der Waals surface area (Å²) in [7, 11) is 0. The van der Waals surface area contributed by atoms with E-state index in [9.17, 15) is 18.0 Å². The summed E-state index contributed by atoms with van der Waals surface area (Å²) >= 11 is 0. The Morgan fingerprint density at radius 1 is 1.39 bits per heavy atom. The van der Waals surface area contributed by atoms with E-state index in [1.165, 1.54) is 6.08 Å². The third-order valence-corrected chi connectivity index (χ3v) is 2.44. The van der Waals surface area contributed by atoms with Crippen molar-refractivity contribution in [2.24, 2.45) is 5.41 Å². The lowest BCUT2D eigenvalue weighted by Crippen LogP contribution is -2.28. The van der Waals surface area contributed by atoms with E-state index in [-0.39, 0.29) is 13.2 Å². The molecule has 106 valence electrons. The van der Waals surface area contributed by atoms with Crippen molar-refractivity contribution in [2.75, 3.05) is 19.8 Å². The van der Waals surface area contributed by atoms with Gasteiger partial charge in [-0.05, 0) is 26.7 Å². The van der Waals surface area contributed by atoms with Crippen LogP contribution in [0.3, 0.4) is 0 Å². The molecule has 0 aromatic carbocycles. The lowest BCUT2D eigenvalue weighted by molar-refractivity contribution is -0.174. The van der Waals surface area contributed by atoms with Gasteiger partial charge in [0.2, 0.25) is 0 Å². The van der Waals surface area contributed by atoms with Crippen LogP contribution in [0.2, 0.25) is 0 Å². The van der Waals surface area contributed by atoms with Crippen LogP contribution in [0.4, 0.5) is 13.2 Å². The number of carbonyl (C=O) groups is 1. The molecule has 18 heavy (non-hydrogen) atoms. The molecule has 0 rings (SSSR count). The monoisotopic (exact) mass is 268 g/mol. The second-order valence-electron chi connectivity index (χ2n) is 4.11. The standard InChI is InChI=1S/C12H19F3O3/c1-4-11(3,10(16)18-5-2)7-6-8-17-9-12(13,14)15/h4H,1,5-9H2,2-3H3. The van der Waals surface area contributed by atoms with E-state index in [1.54, 1.807) is 13.8 Å². The van der Waals surface area contributed by atoms with Crippen LogP contribution in [0.5, 0.6) is 0 Å².